The Hall–Kier alpha value is -2.27. The van der Waals surface area contributed by atoms with Crippen molar-refractivity contribution >= 4 is 0 Å². The molecule has 0 amide bonds. The van der Waals surface area contributed by atoms with E-state index in [2.05, 4.69) is 5.32 Å². The first-order valence-corrected chi connectivity index (χ1v) is 6.72. The molecule has 2 aromatic rings. The highest BCUT2D eigenvalue weighted by atomic mass is 19.1. The van der Waals surface area contributed by atoms with Crippen LogP contribution in [0.5, 0.6) is 17.2 Å². The minimum Gasteiger partial charge on any atom is -0.489 e. The first kappa shape index (κ1) is 13.7. The fourth-order valence-electron chi connectivity index (χ4n) is 2.21. The Labute approximate surface area is 122 Å². The Balaban J connectivity index is 1.72. The van der Waals surface area contributed by atoms with Crippen molar-refractivity contribution in [2.45, 2.75) is 6.04 Å². The third-order valence-electron chi connectivity index (χ3n) is 3.39. The number of likely N-dealkylation sites (N-methyl/N-ethyl adjacent to an activating group) is 1. The lowest BCUT2D eigenvalue weighted by Crippen LogP contribution is -2.23. The van der Waals surface area contributed by atoms with Crippen LogP contribution in [0.25, 0.3) is 0 Å². The number of ether oxygens (including phenoxy) is 3. The largest absolute Gasteiger partial charge is 0.489 e. The van der Waals surface area contributed by atoms with Gasteiger partial charge in [0.1, 0.15) is 6.61 Å². The summed E-state index contributed by atoms with van der Waals surface area (Å²) in [6.07, 6.45) is 0. The lowest BCUT2D eigenvalue weighted by Gasteiger charge is -2.18. The molecule has 0 saturated carbocycles. The van der Waals surface area contributed by atoms with Gasteiger partial charge in [0.25, 0.3) is 0 Å². The van der Waals surface area contributed by atoms with Crippen LogP contribution in [0.4, 0.5) is 4.39 Å². The van der Waals surface area contributed by atoms with E-state index in [4.69, 9.17) is 14.2 Å². The molecule has 1 aliphatic rings. The maximum atomic E-state index is 13.5. The average Bonchev–Trinajstić information content (AvgIpc) is 2.97. The molecule has 4 nitrogen and oxygen atoms in total. The van der Waals surface area contributed by atoms with Crippen molar-refractivity contribution in [2.24, 2.45) is 0 Å². The van der Waals surface area contributed by atoms with Gasteiger partial charge < -0.3 is 19.5 Å². The van der Waals surface area contributed by atoms with E-state index in [0.717, 1.165) is 17.1 Å². The molecule has 1 heterocycles. The van der Waals surface area contributed by atoms with E-state index in [1.54, 1.807) is 18.2 Å². The van der Waals surface area contributed by atoms with Gasteiger partial charge in [0.2, 0.25) is 6.79 Å². The monoisotopic (exact) mass is 289 g/mol. The van der Waals surface area contributed by atoms with Crippen LogP contribution in [0.1, 0.15) is 11.6 Å². The normalized spacial score (nSPS) is 14.0. The second kappa shape index (κ2) is 6.01. The molecule has 1 atom stereocenters. The van der Waals surface area contributed by atoms with E-state index in [9.17, 15) is 4.39 Å². The summed E-state index contributed by atoms with van der Waals surface area (Å²) in [6, 6.07) is 12.0. The van der Waals surface area contributed by atoms with Crippen molar-refractivity contribution in [2.75, 3.05) is 20.4 Å². The molecular formula is C16H16FNO3. The molecule has 0 aromatic heterocycles. The molecule has 1 aliphatic heterocycles. The van der Waals surface area contributed by atoms with Crippen molar-refractivity contribution in [3.63, 3.8) is 0 Å². The molecular weight excluding hydrogens is 273 g/mol. The minimum absolute atomic E-state index is 0.0703. The third kappa shape index (κ3) is 2.92. The number of fused-ring (bicyclic) bond motifs is 1. The highest BCUT2D eigenvalue weighted by molar-refractivity contribution is 5.45. The van der Waals surface area contributed by atoms with Gasteiger partial charge in [0, 0.05) is 0 Å². The summed E-state index contributed by atoms with van der Waals surface area (Å²) in [5.41, 5.74) is 0.998. The van der Waals surface area contributed by atoms with E-state index in [0.29, 0.717) is 6.61 Å². The predicted octanol–water partition coefficient (Wildman–Crippen LogP) is 2.89. The Kier molecular flexibility index (Phi) is 3.92. The van der Waals surface area contributed by atoms with Gasteiger partial charge in [-0.3, -0.25) is 0 Å². The van der Waals surface area contributed by atoms with Gasteiger partial charge >= 0.3 is 0 Å². The molecule has 0 bridgehead atoms. The molecule has 1 N–H and O–H groups in total. The lowest BCUT2D eigenvalue weighted by molar-refractivity contribution is 0.174. The van der Waals surface area contributed by atoms with Gasteiger partial charge in [-0.05, 0) is 36.9 Å². The molecule has 110 valence electrons. The molecule has 21 heavy (non-hydrogen) atoms. The molecule has 0 radical (unpaired) electrons. The Morgan fingerprint density at radius 2 is 2.00 bits per heavy atom. The lowest BCUT2D eigenvalue weighted by atomic mass is 10.1. The topological polar surface area (TPSA) is 39.7 Å². The van der Waals surface area contributed by atoms with E-state index >= 15 is 0 Å². The molecule has 0 fully saturated rings. The summed E-state index contributed by atoms with van der Waals surface area (Å²) in [4.78, 5) is 0. The zero-order valence-corrected chi connectivity index (χ0v) is 11.6. The number of hydrogen-bond acceptors (Lipinski definition) is 4. The summed E-state index contributed by atoms with van der Waals surface area (Å²) >= 11 is 0. The highest BCUT2D eigenvalue weighted by Gasteiger charge is 2.18. The van der Waals surface area contributed by atoms with Crippen LogP contribution in [0, 0.1) is 5.82 Å². The fraction of sp³-hybridized carbons (Fsp3) is 0.250. The van der Waals surface area contributed by atoms with Crippen LogP contribution in [0.3, 0.4) is 0 Å². The van der Waals surface area contributed by atoms with Crippen LogP contribution in [-0.4, -0.2) is 20.4 Å². The van der Waals surface area contributed by atoms with Crippen LogP contribution in [0.2, 0.25) is 0 Å². The van der Waals surface area contributed by atoms with Gasteiger partial charge in [0.15, 0.2) is 23.1 Å². The van der Waals surface area contributed by atoms with Crippen LogP contribution < -0.4 is 19.5 Å². The average molecular weight is 289 g/mol. The van der Waals surface area contributed by atoms with E-state index in [1.165, 1.54) is 6.07 Å². The highest BCUT2D eigenvalue weighted by Crippen LogP contribution is 2.34. The molecule has 1 unspecified atom stereocenters. The first-order valence-electron chi connectivity index (χ1n) is 6.72. The second-order valence-electron chi connectivity index (χ2n) is 4.70. The van der Waals surface area contributed by atoms with Gasteiger partial charge in [0.05, 0.1) is 6.04 Å². The van der Waals surface area contributed by atoms with Gasteiger partial charge in [-0.15, -0.1) is 0 Å². The minimum atomic E-state index is -0.363. The quantitative estimate of drug-likeness (QED) is 0.918. The third-order valence-corrected chi connectivity index (χ3v) is 3.39. The van der Waals surface area contributed by atoms with E-state index < -0.39 is 0 Å². The van der Waals surface area contributed by atoms with Gasteiger partial charge in [-0.2, -0.15) is 0 Å². The maximum Gasteiger partial charge on any atom is 0.231 e. The van der Waals surface area contributed by atoms with Crippen molar-refractivity contribution in [1.82, 2.24) is 5.32 Å². The first-order chi connectivity index (χ1) is 10.3. The predicted molar refractivity (Wildman–Crippen MR) is 76.3 cm³/mol. The number of para-hydroxylation sites is 1. The fourth-order valence-corrected chi connectivity index (χ4v) is 2.21. The zero-order chi connectivity index (χ0) is 14.7. The summed E-state index contributed by atoms with van der Waals surface area (Å²) in [5.74, 6) is 1.35. The summed E-state index contributed by atoms with van der Waals surface area (Å²) in [6.45, 7) is 0.561. The van der Waals surface area contributed by atoms with Crippen molar-refractivity contribution in [3.8, 4) is 17.2 Å². The van der Waals surface area contributed by atoms with Crippen molar-refractivity contribution in [1.29, 1.82) is 0 Å². The standard InChI is InChI=1S/C16H16FNO3/c1-18-13(9-19-14-5-3-2-4-12(14)17)11-6-7-15-16(8-11)21-10-20-15/h2-8,13,18H,9-10H2,1H3. The van der Waals surface area contributed by atoms with Crippen LogP contribution in [0.15, 0.2) is 42.5 Å². The number of nitrogens with one attached hydrogen (secondary N) is 1. The molecule has 2 aromatic carbocycles. The Morgan fingerprint density at radius 3 is 2.81 bits per heavy atom. The van der Waals surface area contributed by atoms with Gasteiger partial charge in [-0.1, -0.05) is 18.2 Å². The summed E-state index contributed by atoms with van der Waals surface area (Å²) in [7, 11) is 1.83. The smallest absolute Gasteiger partial charge is 0.231 e. The van der Waals surface area contributed by atoms with Crippen LogP contribution >= 0.6 is 0 Å². The maximum absolute atomic E-state index is 13.5. The number of hydrogen-bond donors (Lipinski definition) is 1. The van der Waals surface area contributed by atoms with E-state index in [1.807, 2.05) is 25.2 Å². The Morgan fingerprint density at radius 1 is 1.19 bits per heavy atom. The summed E-state index contributed by atoms with van der Waals surface area (Å²) in [5, 5.41) is 3.16. The zero-order valence-electron chi connectivity index (χ0n) is 11.6. The number of halogens is 1. The van der Waals surface area contributed by atoms with Crippen molar-refractivity contribution < 1.29 is 18.6 Å². The molecule has 3 rings (SSSR count). The van der Waals surface area contributed by atoms with E-state index in [-0.39, 0.29) is 24.4 Å². The van der Waals surface area contributed by atoms with Crippen molar-refractivity contribution in [3.05, 3.63) is 53.8 Å². The molecule has 0 saturated heterocycles. The number of benzene rings is 2. The van der Waals surface area contributed by atoms with Crippen LogP contribution in [-0.2, 0) is 0 Å². The molecule has 0 aliphatic carbocycles. The number of rotatable bonds is 5. The second-order valence-corrected chi connectivity index (χ2v) is 4.70. The Bertz CT molecular complexity index is 633. The molecule has 0 spiro atoms. The molecule has 5 heteroatoms. The summed E-state index contributed by atoms with van der Waals surface area (Å²) < 4.78 is 29.8. The van der Waals surface area contributed by atoms with Gasteiger partial charge in [-0.25, -0.2) is 4.39 Å². The SMILES string of the molecule is CNC(COc1ccccc1F)c1ccc2c(c1)OCO2.